The third-order valence-corrected chi connectivity index (χ3v) is 5.04. The Kier molecular flexibility index (Phi) is 4.07. The Bertz CT molecular complexity index is 466. The first-order valence-electron chi connectivity index (χ1n) is 5.79. The highest BCUT2D eigenvalue weighted by Crippen LogP contribution is 2.38. The maximum atomic E-state index is 12.1. The number of rotatable bonds is 4. The summed E-state index contributed by atoms with van der Waals surface area (Å²) < 4.78 is 0.977. The van der Waals surface area contributed by atoms with Gasteiger partial charge in [0.05, 0.1) is 6.54 Å². The summed E-state index contributed by atoms with van der Waals surface area (Å²) in [5.74, 6) is -1.35. The highest BCUT2D eigenvalue weighted by Gasteiger charge is 2.47. The van der Waals surface area contributed by atoms with Crippen LogP contribution in [0.15, 0.2) is 15.9 Å². The van der Waals surface area contributed by atoms with E-state index >= 15 is 0 Å². The van der Waals surface area contributed by atoms with E-state index < -0.39 is 11.4 Å². The van der Waals surface area contributed by atoms with E-state index in [9.17, 15) is 14.7 Å². The molecule has 4 nitrogen and oxygen atoms in total. The molecule has 1 aromatic rings. The lowest BCUT2D eigenvalue weighted by Crippen LogP contribution is -2.44. The molecule has 0 bridgehead atoms. The number of hydrogen-bond donors (Lipinski definition) is 2. The zero-order valence-corrected chi connectivity index (χ0v) is 12.1. The van der Waals surface area contributed by atoms with Crippen molar-refractivity contribution >= 4 is 39.1 Å². The molecular weight excluding hydrogens is 318 g/mol. The van der Waals surface area contributed by atoms with Gasteiger partial charge in [-0.05, 0) is 34.8 Å². The molecule has 0 atom stereocenters. The van der Waals surface area contributed by atoms with Crippen molar-refractivity contribution < 1.29 is 14.7 Å². The predicted molar refractivity (Wildman–Crippen MR) is 72.4 cm³/mol. The Hall–Kier alpha value is -0.880. The van der Waals surface area contributed by atoms with E-state index in [0.29, 0.717) is 19.4 Å². The van der Waals surface area contributed by atoms with Gasteiger partial charge in [-0.15, -0.1) is 11.3 Å². The second kappa shape index (κ2) is 5.40. The first-order chi connectivity index (χ1) is 8.54. The van der Waals surface area contributed by atoms with Crippen LogP contribution in [0.3, 0.4) is 0 Å². The highest BCUT2D eigenvalue weighted by atomic mass is 79.9. The normalized spacial score (nSPS) is 17.6. The summed E-state index contributed by atoms with van der Waals surface area (Å²) in [4.78, 5) is 24.4. The topological polar surface area (TPSA) is 66.4 Å². The average molecular weight is 332 g/mol. The van der Waals surface area contributed by atoms with E-state index in [1.54, 1.807) is 0 Å². The molecule has 0 unspecified atom stereocenters. The van der Waals surface area contributed by atoms with E-state index in [0.717, 1.165) is 22.2 Å². The highest BCUT2D eigenvalue weighted by molar-refractivity contribution is 9.10. The van der Waals surface area contributed by atoms with Gasteiger partial charge in [-0.3, -0.25) is 9.59 Å². The number of thiophene rings is 1. The number of carboxylic acid groups (broad SMARTS) is 1. The molecule has 1 aliphatic rings. The number of carbonyl (C=O) groups excluding carboxylic acids is 1. The van der Waals surface area contributed by atoms with Gasteiger partial charge >= 0.3 is 5.97 Å². The van der Waals surface area contributed by atoms with Crippen LogP contribution in [0, 0.1) is 5.41 Å². The van der Waals surface area contributed by atoms with E-state index in [-0.39, 0.29) is 5.91 Å². The van der Waals surface area contributed by atoms with Gasteiger partial charge in [0.25, 0.3) is 0 Å². The Balaban J connectivity index is 2.00. The number of carbonyl (C=O) groups is 2. The van der Waals surface area contributed by atoms with Crippen LogP contribution in [-0.4, -0.2) is 17.0 Å². The summed E-state index contributed by atoms with van der Waals surface area (Å²) in [6, 6.07) is 1.92. The lowest BCUT2D eigenvalue weighted by molar-refractivity contribution is -0.155. The summed E-state index contributed by atoms with van der Waals surface area (Å²) in [5, 5.41) is 14.0. The van der Waals surface area contributed by atoms with Crippen molar-refractivity contribution in [2.75, 3.05) is 0 Å². The van der Waals surface area contributed by atoms with E-state index in [4.69, 9.17) is 0 Å². The minimum absolute atomic E-state index is 0.350. The zero-order chi connectivity index (χ0) is 13.2. The predicted octanol–water partition coefficient (Wildman–Crippen LogP) is 2.77. The van der Waals surface area contributed by atoms with Crippen LogP contribution in [0.25, 0.3) is 0 Å². The largest absolute Gasteiger partial charge is 0.480 e. The van der Waals surface area contributed by atoms with Crippen molar-refractivity contribution in [3.8, 4) is 0 Å². The molecule has 1 aromatic heterocycles. The third-order valence-electron chi connectivity index (χ3n) is 3.35. The third kappa shape index (κ3) is 2.59. The zero-order valence-electron chi connectivity index (χ0n) is 9.74. The summed E-state index contributed by atoms with van der Waals surface area (Å²) in [7, 11) is 0. The molecule has 2 N–H and O–H groups in total. The fraction of sp³-hybridized carbons (Fsp3) is 0.500. The fourth-order valence-corrected chi connectivity index (χ4v) is 3.69. The van der Waals surface area contributed by atoms with Crippen molar-refractivity contribution in [1.82, 2.24) is 5.32 Å². The monoisotopic (exact) mass is 331 g/mol. The van der Waals surface area contributed by atoms with Crippen molar-refractivity contribution in [2.24, 2.45) is 5.41 Å². The second-order valence-electron chi connectivity index (χ2n) is 4.51. The maximum absolute atomic E-state index is 12.1. The minimum atomic E-state index is -1.20. The molecule has 98 valence electrons. The maximum Gasteiger partial charge on any atom is 0.319 e. The second-order valence-corrected chi connectivity index (χ2v) is 6.42. The van der Waals surface area contributed by atoms with E-state index in [2.05, 4.69) is 21.2 Å². The van der Waals surface area contributed by atoms with Crippen molar-refractivity contribution in [3.63, 3.8) is 0 Å². The van der Waals surface area contributed by atoms with Crippen LogP contribution in [-0.2, 0) is 16.1 Å². The van der Waals surface area contributed by atoms with Gasteiger partial charge in [-0.1, -0.05) is 12.8 Å². The molecular formula is C12H14BrNO3S. The number of hydrogen-bond acceptors (Lipinski definition) is 3. The number of aliphatic carboxylic acids is 1. The SMILES string of the molecule is O=C(O)C1(C(=O)NCc2cc(Br)cs2)CCCC1. The summed E-state index contributed by atoms with van der Waals surface area (Å²) in [6.07, 6.45) is 2.51. The van der Waals surface area contributed by atoms with Crippen LogP contribution in [0.4, 0.5) is 0 Å². The smallest absolute Gasteiger partial charge is 0.319 e. The number of carboxylic acids is 1. The average Bonchev–Trinajstić information content (AvgIpc) is 2.95. The summed E-state index contributed by atoms with van der Waals surface area (Å²) in [5.41, 5.74) is -1.20. The molecule has 0 spiro atoms. The van der Waals surface area contributed by atoms with E-state index in [1.165, 1.54) is 11.3 Å². The molecule has 0 aromatic carbocycles. The number of halogens is 1. The van der Waals surface area contributed by atoms with Crippen LogP contribution in [0.5, 0.6) is 0 Å². The van der Waals surface area contributed by atoms with Gasteiger partial charge in [-0.2, -0.15) is 0 Å². The Morgan fingerprint density at radius 3 is 2.61 bits per heavy atom. The van der Waals surface area contributed by atoms with E-state index in [1.807, 2.05) is 11.4 Å². The van der Waals surface area contributed by atoms with Gasteiger partial charge in [0.2, 0.25) is 5.91 Å². The molecule has 0 saturated heterocycles. The number of amides is 1. The molecule has 1 aliphatic carbocycles. The minimum Gasteiger partial charge on any atom is -0.480 e. The lowest BCUT2D eigenvalue weighted by atomic mass is 9.85. The standard InChI is InChI=1S/C12H14BrNO3S/c13-8-5-9(18-7-8)6-14-10(15)12(11(16)17)3-1-2-4-12/h5,7H,1-4,6H2,(H,14,15)(H,16,17). The van der Waals surface area contributed by atoms with Crippen LogP contribution < -0.4 is 5.32 Å². The molecule has 0 radical (unpaired) electrons. The molecule has 2 rings (SSSR count). The number of nitrogens with one attached hydrogen (secondary N) is 1. The van der Waals surface area contributed by atoms with Crippen LogP contribution >= 0.6 is 27.3 Å². The Labute approximate surface area is 118 Å². The Morgan fingerprint density at radius 2 is 2.11 bits per heavy atom. The van der Waals surface area contributed by atoms with Crippen molar-refractivity contribution in [2.45, 2.75) is 32.2 Å². The first-order valence-corrected chi connectivity index (χ1v) is 7.46. The molecule has 6 heteroatoms. The van der Waals surface area contributed by atoms with Gasteiger partial charge in [-0.25, -0.2) is 0 Å². The van der Waals surface area contributed by atoms with Crippen molar-refractivity contribution in [1.29, 1.82) is 0 Å². The van der Waals surface area contributed by atoms with Gasteiger partial charge < -0.3 is 10.4 Å². The first kappa shape index (κ1) is 13.5. The summed E-state index contributed by atoms with van der Waals surface area (Å²) in [6.45, 7) is 0.393. The molecule has 1 amide bonds. The quantitative estimate of drug-likeness (QED) is 0.833. The lowest BCUT2D eigenvalue weighted by Gasteiger charge is -2.22. The van der Waals surface area contributed by atoms with Gasteiger partial charge in [0, 0.05) is 14.7 Å². The molecule has 18 heavy (non-hydrogen) atoms. The summed E-state index contributed by atoms with van der Waals surface area (Å²) >= 11 is 4.88. The molecule has 1 fully saturated rings. The van der Waals surface area contributed by atoms with Crippen LogP contribution in [0.1, 0.15) is 30.6 Å². The van der Waals surface area contributed by atoms with Gasteiger partial charge in [0.15, 0.2) is 0 Å². The van der Waals surface area contributed by atoms with Crippen molar-refractivity contribution in [3.05, 3.63) is 20.8 Å². The van der Waals surface area contributed by atoms with Crippen LogP contribution in [0.2, 0.25) is 0 Å². The Morgan fingerprint density at radius 1 is 1.44 bits per heavy atom. The molecule has 0 aliphatic heterocycles. The molecule has 1 saturated carbocycles. The fourth-order valence-electron chi connectivity index (χ4n) is 2.30. The molecule has 1 heterocycles. The van der Waals surface area contributed by atoms with Gasteiger partial charge in [0.1, 0.15) is 5.41 Å².